The number of rotatable bonds is 10. The van der Waals surface area contributed by atoms with Gasteiger partial charge in [0.1, 0.15) is 5.75 Å². The van der Waals surface area contributed by atoms with Gasteiger partial charge in [0.25, 0.3) is 0 Å². The molecule has 0 fully saturated rings. The van der Waals surface area contributed by atoms with E-state index in [1.54, 1.807) is 12.1 Å². The summed E-state index contributed by atoms with van der Waals surface area (Å²) in [6, 6.07) is 11.3. The number of carbonyl (C=O) groups excluding carboxylic acids is 1. The van der Waals surface area contributed by atoms with Crippen LogP contribution in [0.25, 0.3) is 10.8 Å². The zero-order valence-corrected chi connectivity index (χ0v) is 19.6. The predicted octanol–water partition coefficient (Wildman–Crippen LogP) is 7.53. The van der Waals surface area contributed by atoms with E-state index in [9.17, 15) is 26.7 Å². The predicted molar refractivity (Wildman–Crippen MR) is 118 cm³/mol. The normalized spacial score (nSPS) is 13.9. The average molecular weight is 475 g/mol. The Morgan fingerprint density at radius 2 is 1.58 bits per heavy atom. The molecule has 0 aliphatic rings. The highest BCUT2D eigenvalue weighted by Crippen LogP contribution is 2.39. The molecule has 0 spiro atoms. The Morgan fingerprint density at radius 1 is 0.970 bits per heavy atom. The quantitative estimate of drug-likeness (QED) is 0.264. The fraction of sp³-hybridized carbons (Fsp3) is 0.560. The van der Waals surface area contributed by atoms with Crippen LogP contribution in [-0.2, 0) is 9.53 Å². The molecule has 0 saturated heterocycles. The number of fused-ring (bicyclic) bond motifs is 1. The highest BCUT2D eigenvalue weighted by molar-refractivity contribution is 5.84. The second kappa shape index (κ2) is 10.3. The molecule has 33 heavy (non-hydrogen) atoms. The fourth-order valence-corrected chi connectivity index (χ4v) is 3.48. The standard InChI is InChI=1S/C25H31F5O3/c1-6-23(4,5)13-21(16(2)3)19-8-7-18-12-20(10-9-17(18)11-19)32-14-22(31)33-15-24(26,27)25(28,29)30/h7-12,16,21H,6,13-15H2,1-5H3. The lowest BCUT2D eigenvalue weighted by atomic mass is 9.74. The second-order valence-electron chi connectivity index (χ2n) is 9.49. The SMILES string of the molecule is CCC(C)(C)CC(c1ccc2cc(OCC(=O)OCC(F)(F)C(F)(F)F)ccc2c1)C(C)C. The third kappa shape index (κ3) is 7.30. The first-order valence-electron chi connectivity index (χ1n) is 10.9. The van der Waals surface area contributed by atoms with Crippen molar-refractivity contribution < 1.29 is 36.2 Å². The van der Waals surface area contributed by atoms with E-state index in [0.29, 0.717) is 11.8 Å². The first-order valence-corrected chi connectivity index (χ1v) is 10.9. The Morgan fingerprint density at radius 3 is 2.15 bits per heavy atom. The second-order valence-corrected chi connectivity index (χ2v) is 9.49. The molecule has 2 rings (SSSR count). The number of ether oxygens (including phenoxy) is 2. The summed E-state index contributed by atoms with van der Waals surface area (Å²) in [5.74, 6) is -5.28. The number of alkyl halides is 5. The number of carbonyl (C=O) groups is 1. The van der Waals surface area contributed by atoms with Crippen LogP contribution in [0.1, 0.15) is 58.9 Å². The van der Waals surface area contributed by atoms with Crippen LogP contribution in [-0.4, -0.2) is 31.3 Å². The van der Waals surface area contributed by atoms with E-state index in [2.05, 4.69) is 51.5 Å². The van der Waals surface area contributed by atoms with Gasteiger partial charge in [-0.15, -0.1) is 0 Å². The van der Waals surface area contributed by atoms with E-state index in [0.717, 1.165) is 23.6 Å². The monoisotopic (exact) mass is 474 g/mol. The molecule has 0 radical (unpaired) electrons. The zero-order chi connectivity index (χ0) is 25.0. The topological polar surface area (TPSA) is 35.5 Å². The summed E-state index contributed by atoms with van der Waals surface area (Å²) in [6.45, 7) is 8.29. The lowest BCUT2D eigenvalue weighted by Crippen LogP contribution is -2.41. The number of halogens is 5. The van der Waals surface area contributed by atoms with Gasteiger partial charge in [-0.3, -0.25) is 0 Å². The Hall–Kier alpha value is -2.38. The molecule has 0 aliphatic heterocycles. The minimum absolute atomic E-state index is 0.222. The van der Waals surface area contributed by atoms with Crippen LogP contribution in [0.3, 0.4) is 0 Å². The van der Waals surface area contributed by atoms with Crippen molar-refractivity contribution in [2.45, 2.75) is 65.5 Å². The van der Waals surface area contributed by atoms with Gasteiger partial charge in [-0.05, 0) is 52.1 Å². The lowest BCUT2D eigenvalue weighted by molar-refractivity contribution is -0.294. The van der Waals surface area contributed by atoms with Gasteiger partial charge in [-0.2, -0.15) is 22.0 Å². The molecule has 1 unspecified atom stereocenters. The van der Waals surface area contributed by atoms with Crippen molar-refractivity contribution in [2.75, 3.05) is 13.2 Å². The highest BCUT2D eigenvalue weighted by atomic mass is 19.4. The lowest BCUT2D eigenvalue weighted by Gasteiger charge is -2.31. The van der Waals surface area contributed by atoms with E-state index in [1.165, 1.54) is 5.56 Å². The summed E-state index contributed by atoms with van der Waals surface area (Å²) < 4.78 is 71.3. The summed E-state index contributed by atoms with van der Waals surface area (Å²) in [5, 5.41) is 1.83. The minimum Gasteiger partial charge on any atom is -0.482 e. The van der Waals surface area contributed by atoms with Crippen molar-refractivity contribution in [2.24, 2.45) is 11.3 Å². The van der Waals surface area contributed by atoms with Gasteiger partial charge in [-0.1, -0.05) is 65.3 Å². The molecule has 0 saturated carbocycles. The van der Waals surface area contributed by atoms with Crippen LogP contribution in [0.4, 0.5) is 22.0 Å². The molecule has 3 nitrogen and oxygen atoms in total. The van der Waals surface area contributed by atoms with Gasteiger partial charge in [0.2, 0.25) is 0 Å². The summed E-state index contributed by atoms with van der Waals surface area (Å²) in [7, 11) is 0. The van der Waals surface area contributed by atoms with E-state index in [-0.39, 0.29) is 11.2 Å². The van der Waals surface area contributed by atoms with Gasteiger partial charge in [0.05, 0.1) is 0 Å². The maximum Gasteiger partial charge on any atom is 0.456 e. The molecule has 184 valence electrons. The molecule has 0 aliphatic carbocycles. The van der Waals surface area contributed by atoms with Crippen molar-refractivity contribution in [3.05, 3.63) is 42.0 Å². The molecule has 8 heteroatoms. The van der Waals surface area contributed by atoms with Crippen molar-refractivity contribution in [3.8, 4) is 5.75 Å². The first-order chi connectivity index (χ1) is 15.1. The molecular formula is C25H31F5O3. The summed E-state index contributed by atoms with van der Waals surface area (Å²) >= 11 is 0. The number of hydrogen-bond acceptors (Lipinski definition) is 3. The third-order valence-electron chi connectivity index (χ3n) is 5.98. The van der Waals surface area contributed by atoms with Crippen molar-refractivity contribution in [3.63, 3.8) is 0 Å². The minimum atomic E-state index is -5.79. The Labute approximate surface area is 191 Å². The van der Waals surface area contributed by atoms with Crippen molar-refractivity contribution in [1.82, 2.24) is 0 Å². The van der Waals surface area contributed by atoms with Gasteiger partial charge >= 0.3 is 18.1 Å². The van der Waals surface area contributed by atoms with E-state index in [4.69, 9.17) is 4.74 Å². The van der Waals surface area contributed by atoms with Crippen LogP contribution >= 0.6 is 0 Å². The van der Waals surface area contributed by atoms with Gasteiger partial charge in [0.15, 0.2) is 13.2 Å². The molecule has 1 atom stereocenters. The van der Waals surface area contributed by atoms with E-state index < -0.39 is 31.3 Å². The van der Waals surface area contributed by atoms with Crippen LogP contribution in [0.5, 0.6) is 5.75 Å². The molecule has 2 aromatic rings. The van der Waals surface area contributed by atoms with Crippen LogP contribution in [0, 0.1) is 11.3 Å². The molecular weight excluding hydrogens is 443 g/mol. The molecule has 0 N–H and O–H groups in total. The molecule has 0 aromatic heterocycles. The Bertz CT molecular complexity index is 951. The largest absolute Gasteiger partial charge is 0.482 e. The first kappa shape index (κ1) is 26.9. The smallest absolute Gasteiger partial charge is 0.456 e. The van der Waals surface area contributed by atoms with E-state index >= 15 is 0 Å². The summed E-state index contributed by atoms with van der Waals surface area (Å²) in [4.78, 5) is 11.5. The fourth-order valence-electron chi connectivity index (χ4n) is 3.48. The number of esters is 1. The van der Waals surface area contributed by atoms with Crippen LogP contribution in [0.2, 0.25) is 0 Å². The molecule has 0 amide bonds. The number of hydrogen-bond donors (Lipinski definition) is 0. The Kier molecular flexibility index (Phi) is 8.36. The van der Waals surface area contributed by atoms with Gasteiger partial charge < -0.3 is 9.47 Å². The zero-order valence-electron chi connectivity index (χ0n) is 19.6. The molecule has 0 bridgehead atoms. The highest BCUT2D eigenvalue weighted by Gasteiger charge is 2.58. The van der Waals surface area contributed by atoms with Crippen molar-refractivity contribution in [1.29, 1.82) is 0 Å². The molecule has 0 heterocycles. The average Bonchev–Trinajstić information content (AvgIpc) is 2.73. The van der Waals surface area contributed by atoms with Crippen LogP contribution < -0.4 is 4.74 Å². The maximum atomic E-state index is 12.8. The van der Waals surface area contributed by atoms with Gasteiger partial charge in [-0.25, -0.2) is 4.79 Å². The Balaban J connectivity index is 2.06. The van der Waals surface area contributed by atoms with Gasteiger partial charge in [0, 0.05) is 0 Å². The summed E-state index contributed by atoms with van der Waals surface area (Å²) in [5.41, 5.74) is 1.46. The van der Waals surface area contributed by atoms with E-state index in [1.807, 2.05) is 12.1 Å². The third-order valence-corrected chi connectivity index (χ3v) is 5.98. The number of benzene rings is 2. The van der Waals surface area contributed by atoms with Crippen LogP contribution in [0.15, 0.2) is 36.4 Å². The molecule has 2 aromatic carbocycles. The van der Waals surface area contributed by atoms with Crippen molar-refractivity contribution >= 4 is 16.7 Å². The summed E-state index contributed by atoms with van der Waals surface area (Å²) in [6.07, 6.45) is -3.64. The maximum absolute atomic E-state index is 12.8.